The second kappa shape index (κ2) is 9.91. The summed E-state index contributed by atoms with van der Waals surface area (Å²) in [6.45, 7) is 4.34. The Bertz CT molecular complexity index is 809. The molecule has 2 heterocycles. The fourth-order valence-electron chi connectivity index (χ4n) is 3.03. The zero-order chi connectivity index (χ0) is 18.9. The van der Waals surface area contributed by atoms with Gasteiger partial charge in [0.05, 0.1) is 5.56 Å². The molecule has 27 heavy (non-hydrogen) atoms. The second-order valence-electron chi connectivity index (χ2n) is 6.92. The highest BCUT2D eigenvalue weighted by Gasteiger charge is 2.06. The van der Waals surface area contributed by atoms with E-state index in [9.17, 15) is 0 Å². The van der Waals surface area contributed by atoms with Crippen LogP contribution in [-0.4, -0.2) is 19.9 Å². The molecule has 0 saturated heterocycles. The summed E-state index contributed by atoms with van der Waals surface area (Å²) in [7, 11) is 0. The molecule has 0 unspecified atom stereocenters. The Morgan fingerprint density at radius 3 is 1.81 bits per heavy atom. The van der Waals surface area contributed by atoms with E-state index in [1.807, 2.05) is 12.4 Å². The van der Waals surface area contributed by atoms with Crippen LogP contribution in [0.1, 0.15) is 57.1 Å². The molecular formula is C23H28N4. The van der Waals surface area contributed by atoms with E-state index in [-0.39, 0.29) is 0 Å². The Hall–Kier alpha value is -2.62. The first-order valence-electron chi connectivity index (χ1n) is 10.0. The highest BCUT2D eigenvalue weighted by Crippen LogP contribution is 2.19. The zero-order valence-corrected chi connectivity index (χ0v) is 16.4. The molecule has 140 valence electrons. The van der Waals surface area contributed by atoms with Gasteiger partial charge in [0.2, 0.25) is 0 Å². The molecular weight excluding hydrogens is 332 g/mol. The minimum absolute atomic E-state index is 0.664. The first-order valence-corrected chi connectivity index (χ1v) is 10.0. The van der Waals surface area contributed by atoms with Crippen molar-refractivity contribution < 1.29 is 0 Å². The number of unbranched alkanes of at least 4 members (excludes halogenated alkanes) is 4. The minimum atomic E-state index is 0.664. The molecule has 2 aromatic heterocycles. The molecule has 0 aliphatic carbocycles. The molecule has 4 heteroatoms. The fourth-order valence-corrected chi connectivity index (χ4v) is 3.03. The van der Waals surface area contributed by atoms with E-state index in [1.54, 1.807) is 12.4 Å². The van der Waals surface area contributed by atoms with Gasteiger partial charge in [-0.2, -0.15) is 0 Å². The first kappa shape index (κ1) is 19.2. The highest BCUT2D eigenvalue weighted by molar-refractivity contribution is 5.58. The van der Waals surface area contributed by atoms with E-state index in [0.29, 0.717) is 5.82 Å². The number of aromatic nitrogens is 4. The van der Waals surface area contributed by atoms with Gasteiger partial charge in [-0.1, -0.05) is 63.8 Å². The molecule has 0 atom stereocenters. The molecule has 4 nitrogen and oxygen atoms in total. The normalized spacial score (nSPS) is 10.9. The van der Waals surface area contributed by atoms with Crippen LogP contribution < -0.4 is 0 Å². The summed E-state index contributed by atoms with van der Waals surface area (Å²) in [5.74, 6) is 1.40. The summed E-state index contributed by atoms with van der Waals surface area (Å²) in [4.78, 5) is 17.8. The maximum absolute atomic E-state index is 4.50. The van der Waals surface area contributed by atoms with Gasteiger partial charge in [0.25, 0.3) is 0 Å². The molecule has 0 fully saturated rings. The van der Waals surface area contributed by atoms with Gasteiger partial charge >= 0.3 is 0 Å². The van der Waals surface area contributed by atoms with Crippen molar-refractivity contribution in [1.82, 2.24) is 19.9 Å². The monoisotopic (exact) mass is 360 g/mol. The SMILES string of the molecule is CCCCCCCc1ccc(-c2ncc(-c3ncc(CC)cn3)cn2)cc1. The Morgan fingerprint density at radius 1 is 0.593 bits per heavy atom. The molecule has 0 N–H and O–H groups in total. The Balaban J connectivity index is 1.61. The number of hydrogen-bond acceptors (Lipinski definition) is 4. The first-order chi connectivity index (χ1) is 13.3. The summed E-state index contributed by atoms with van der Waals surface area (Å²) in [6.07, 6.45) is 16.0. The van der Waals surface area contributed by atoms with Crippen LogP contribution in [0.15, 0.2) is 49.1 Å². The summed E-state index contributed by atoms with van der Waals surface area (Å²) in [6, 6.07) is 8.61. The minimum Gasteiger partial charge on any atom is -0.236 e. The van der Waals surface area contributed by atoms with Gasteiger partial charge in [-0.15, -0.1) is 0 Å². The van der Waals surface area contributed by atoms with Crippen molar-refractivity contribution in [2.45, 2.75) is 58.8 Å². The van der Waals surface area contributed by atoms with Crippen LogP contribution in [0.25, 0.3) is 22.8 Å². The van der Waals surface area contributed by atoms with Crippen molar-refractivity contribution in [2.24, 2.45) is 0 Å². The number of nitrogens with zero attached hydrogens (tertiary/aromatic N) is 4. The topological polar surface area (TPSA) is 51.6 Å². The number of benzene rings is 1. The van der Waals surface area contributed by atoms with Crippen molar-refractivity contribution in [3.63, 3.8) is 0 Å². The smallest absolute Gasteiger partial charge is 0.162 e. The van der Waals surface area contributed by atoms with Crippen molar-refractivity contribution >= 4 is 0 Å². The van der Waals surface area contributed by atoms with Crippen molar-refractivity contribution in [3.05, 3.63) is 60.2 Å². The van der Waals surface area contributed by atoms with Crippen LogP contribution in [0.4, 0.5) is 0 Å². The molecule has 1 aromatic carbocycles. The molecule has 0 radical (unpaired) electrons. The van der Waals surface area contributed by atoms with Gasteiger partial charge in [-0.25, -0.2) is 19.9 Å². The third-order valence-electron chi connectivity index (χ3n) is 4.80. The molecule has 3 rings (SSSR count). The average molecular weight is 361 g/mol. The van der Waals surface area contributed by atoms with E-state index >= 15 is 0 Å². The van der Waals surface area contributed by atoms with Crippen LogP contribution in [0, 0.1) is 0 Å². The Kier molecular flexibility index (Phi) is 7.03. The molecule has 0 aliphatic heterocycles. The lowest BCUT2D eigenvalue weighted by molar-refractivity contribution is 0.632. The maximum atomic E-state index is 4.50. The van der Waals surface area contributed by atoms with E-state index in [2.05, 4.69) is 58.0 Å². The number of hydrogen-bond donors (Lipinski definition) is 0. The van der Waals surface area contributed by atoms with Crippen LogP contribution in [-0.2, 0) is 12.8 Å². The standard InChI is InChI=1S/C23H28N4/c1-3-5-6-7-8-9-19-10-12-20(13-11-19)22-26-16-21(17-27-22)23-24-14-18(4-2)15-25-23/h10-17H,3-9H2,1-2H3. The Labute approximate surface area is 162 Å². The zero-order valence-electron chi connectivity index (χ0n) is 16.4. The lowest BCUT2D eigenvalue weighted by Gasteiger charge is -2.05. The lowest BCUT2D eigenvalue weighted by atomic mass is 10.0. The average Bonchev–Trinajstić information content (AvgIpc) is 2.74. The van der Waals surface area contributed by atoms with E-state index in [1.165, 1.54) is 37.7 Å². The van der Waals surface area contributed by atoms with E-state index in [0.717, 1.165) is 35.4 Å². The van der Waals surface area contributed by atoms with Crippen LogP contribution in [0.2, 0.25) is 0 Å². The molecule has 0 amide bonds. The van der Waals surface area contributed by atoms with Gasteiger partial charge in [0.1, 0.15) is 0 Å². The second-order valence-corrected chi connectivity index (χ2v) is 6.92. The highest BCUT2D eigenvalue weighted by atomic mass is 14.9. The molecule has 0 bridgehead atoms. The summed E-state index contributed by atoms with van der Waals surface area (Å²) >= 11 is 0. The number of rotatable bonds is 9. The lowest BCUT2D eigenvalue weighted by Crippen LogP contribution is -1.95. The van der Waals surface area contributed by atoms with Gasteiger partial charge in [-0.05, 0) is 30.4 Å². The Morgan fingerprint density at radius 2 is 1.19 bits per heavy atom. The van der Waals surface area contributed by atoms with Crippen LogP contribution in [0.3, 0.4) is 0 Å². The van der Waals surface area contributed by atoms with Gasteiger partial charge in [-0.3, -0.25) is 0 Å². The van der Waals surface area contributed by atoms with E-state index in [4.69, 9.17) is 0 Å². The van der Waals surface area contributed by atoms with Crippen LogP contribution >= 0.6 is 0 Å². The summed E-state index contributed by atoms with van der Waals surface area (Å²) in [5, 5.41) is 0. The molecule has 0 saturated carbocycles. The molecule has 0 aliphatic rings. The predicted molar refractivity (Wildman–Crippen MR) is 110 cm³/mol. The fraction of sp³-hybridized carbons (Fsp3) is 0.391. The van der Waals surface area contributed by atoms with Gasteiger partial charge in [0.15, 0.2) is 11.6 Å². The molecule has 0 spiro atoms. The van der Waals surface area contributed by atoms with Gasteiger partial charge < -0.3 is 0 Å². The maximum Gasteiger partial charge on any atom is 0.162 e. The summed E-state index contributed by atoms with van der Waals surface area (Å²) in [5.41, 5.74) is 4.39. The van der Waals surface area contributed by atoms with Crippen molar-refractivity contribution in [3.8, 4) is 22.8 Å². The van der Waals surface area contributed by atoms with E-state index < -0.39 is 0 Å². The third-order valence-corrected chi connectivity index (χ3v) is 4.80. The predicted octanol–water partition coefficient (Wildman–Crippen LogP) is 5.68. The van der Waals surface area contributed by atoms with Crippen LogP contribution in [0.5, 0.6) is 0 Å². The summed E-state index contributed by atoms with van der Waals surface area (Å²) < 4.78 is 0. The quantitative estimate of drug-likeness (QED) is 0.461. The van der Waals surface area contributed by atoms with Gasteiger partial charge in [0, 0.05) is 30.4 Å². The largest absolute Gasteiger partial charge is 0.236 e. The molecule has 3 aromatic rings. The third kappa shape index (κ3) is 5.43. The van der Waals surface area contributed by atoms with Crippen molar-refractivity contribution in [1.29, 1.82) is 0 Å². The number of aryl methyl sites for hydroxylation is 2. The van der Waals surface area contributed by atoms with Crippen molar-refractivity contribution in [2.75, 3.05) is 0 Å².